The van der Waals surface area contributed by atoms with E-state index >= 15 is 0 Å². The fraction of sp³-hybridized carbons (Fsp3) is 0.167. The fourth-order valence-corrected chi connectivity index (χ4v) is 6.71. The van der Waals surface area contributed by atoms with Gasteiger partial charge in [0.15, 0.2) is 51.5 Å². The van der Waals surface area contributed by atoms with Crippen molar-refractivity contribution in [3.63, 3.8) is 0 Å². The number of nitrogens with zero attached hydrogens (tertiary/aromatic N) is 1. The second-order valence-corrected chi connectivity index (χ2v) is 14.6. The van der Waals surface area contributed by atoms with Crippen LogP contribution in [0.1, 0.15) is 79.2 Å². The molecule has 5 aromatic carbocycles. The van der Waals surface area contributed by atoms with Crippen LogP contribution < -0.4 is 31.2 Å². The molecule has 5 N–H and O–H groups in total. The third kappa shape index (κ3) is 10.6. The fourth-order valence-electron chi connectivity index (χ4n) is 6.71. The number of carbonyl (C=O) groups is 6. The molecular formula is C48H40N4O13. The number of fused-ring (bicyclic) bond motifs is 1. The molecule has 65 heavy (non-hydrogen) atoms. The summed E-state index contributed by atoms with van der Waals surface area (Å²) in [5.74, 6) is -6.37. The third-order valence-corrected chi connectivity index (χ3v) is 10.2. The van der Waals surface area contributed by atoms with E-state index in [1.165, 1.54) is 69.7 Å². The van der Waals surface area contributed by atoms with Crippen LogP contribution in [-0.2, 0) is 16.0 Å². The van der Waals surface area contributed by atoms with Crippen LogP contribution in [0.4, 0.5) is 17.1 Å². The molecule has 0 fully saturated rings. The van der Waals surface area contributed by atoms with Gasteiger partial charge in [0.2, 0.25) is 5.91 Å². The number of nitrogens with one attached hydrogen (secondary N) is 3. The van der Waals surface area contributed by atoms with Crippen LogP contribution in [0, 0.1) is 17.2 Å². The van der Waals surface area contributed by atoms with Crippen molar-refractivity contribution in [2.24, 2.45) is 5.92 Å². The molecule has 0 radical (unpaired) electrons. The zero-order chi connectivity index (χ0) is 46.9. The van der Waals surface area contributed by atoms with E-state index in [-0.39, 0.29) is 81.4 Å². The molecular weight excluding hydrogens is 841 g/mol. The summed E-state index contributed by atoms with van der Waals surface area (Å²) in [5, 5.41) is 38.7. The summed E-state index contributed by atoms with van der Waals surface area (Å²) in [5.41, 5.74) is 2.76. The number of allylic oxidation sites excluding steroid dienone is 1. The first-order chi connectivity index (χ1) is 31.1. The SMILES string of the molecule is COc1c(NC(=O)c2ccc(NC(=O)c3ccc(NC(=O)[C@H](CC#N)CC(=O)c4ccc(CC(=O)/C(C)=C/c5ccc6oc(=O)oc6c5)cc4)cc3)c(OC)c2O)ccc(C(C)=O)c1O. The molecule has 0 spiro atoms. The van der Waals surface area contributed by atoms with Gasteiger partial charge in [0, 0.05) is 36.1 Å². The number of aromatic hydroxyl groups is 2. The second-order valence-electron chi connectivity index (χ2n) is 14.6. The molecule has 6 aromatic rings. The lowest BCUT2D eigenvalue weighted by Gasteiger charge is -2.16. The molecule has 3 amide bonds. The predicted octanol–water partition coefficient (Wildman–Crippen LogP) is 7.48. The van der Waals surface area contributed by atoms with Gasteiger partial charge in [-0.05, 0) is 97.3 Å². The average molecular weight is 881 g/mol. The molecule has 0 aliphatic heterocycles. The molecule has 0 aliphatic carbocycles. The highest BCUT2D eigenvalue weighted by Crippen LogP contribution is 2.41. The Morgan fingerprint density at radius 3 is 1.92 bits per heavy atom. The van der Waals surface area contributed by atoms with Crippen LogP contribution in [0.15, 0.2) is 110 Å². The van der Waals surface area contributed by atoms with Gasteiger partial charge >= 0.3 is 5.82 Å². The number of nitriles is 1. The first kappa shape index (κ1) is 45.7. The van der Waals surface area contributed by atoms with E-state index < -0.39 is 52.5 Å². The number of carbonyl (C=O) groups excluding carboxylic acids is 6. The minimum absolute atomic E-state index is 0.0133. The quantitative estimate of drug-likeness (QED) is 0.0439. The monoisotopic (exact) mass is 880 g/mol. The van der Waals surface area contributed by atoms with Crippen molar-refractivity contribution in [1.82, 2.24) is 0 Å². The minimum Gasteiger partial charge on any atom is -0.504 e. The lowest BCUT2D eigenvalue weighted by molar-refractivity contribution is -0.119. The van der Waals surface area contributed by atoms with Crippen molar-refractivity contribution in [2.75, 3.05) is 30.2 Å². The van der Waals surface area contributed by atoms with Crippen molar-refractivity contribution in [2.45, 2.75) is 33.1 Å². The Morgan fingerprint density at radius 1 is 0.723 bits per heavy atom. The number of methoxy groups -OCH3 is 2. The summed E-state index contributed by atoms with van der Waals surface area (Å²) in [4.78, 5) is 89.1. The van der Waals surface area contributed by atoms with E-state index in [2.05, 4.69) is 16.0 Å². The Hall–Kier alpha value is -8.78. The van der Waals surface area contributed by atoms with Crippen LogP contribution >= 0.6 is 0 Å². The van der Waals surface area contributed by atoms with Crippen molar-refractivity contribution in [1.29, 1.82) is 5.26 Å². The molecule has 0 saturated heterocycles. The number of amides is 3. The van der Waals surface area contributed by atoms with Crippen molar-refractivity contribution in [3.05, 3.63) is 141 Å². The maximum absolute atomic E-state index is 13.3. The average Bonchev–Trinajstić information content (AvgIpc) is 3.65. The topological polar surface area (TPSA) is 265 Å². The first-order valence-electron chi connectivity index (χ1n) is 19.7. The predicted molar refractivity (Wildman–Crippen MR) is 237 cm³/mol. The highest BCUT2D eigenvalue weighted by Gasteiger charge is 2.25. The molecule has 330 valence electrons. The van der Waals surface area contributed by atoms with Gasteiger partial charge in [-0.2, -0.15) is 5.26 Å². The summed E-state index contributed by atoms with van der Waals surface area (Å²) in [7, 11) is 2.46. The lowest BCUT2D eigenvalue weighted by atomic mass is 9.94. The molecule has 1 atom stereocenters. The second kappa shape index (κ2) is 19.9. The standard InChI is InChI=1S/C48H40N4O13/c1-25(21-28-7-18-39-40(23-28)65-48(61)64-39)37(54)22-27-5-8-29(9-6-27)38(55)24-31(19-20-49)46(59)50-32-12-10-30(11-13-32)45(58)51-35-17-15-34(42(57)44(35)63-4)47(60)52-36-16-14-33(26(2)53)41(56)43(36)62-3/h5-18,21,23,31,56-57H,19,22,24H2,1-4H3,(H,50,59)(H,51,58)(H,52,60)/b25-21+/t31-/m1/s1. The Morgan fingerprint density at radius 2 is 1.31 bits per heavy atom. The van der Waals surface area contributed by atoms with Crippen molar-refractivity contribution in [3.8, 4) is 29.1 Å². The van der Waals surface area contributed by atoms with Gasteiger partial charge in [-0.3, -0.25) is 28.8 Å². The zero-order valence-corrected chi connectivity index (χ0v) is 35.3. The molecule has 1 heterocycles. The van der Waals surface area contributed by atoms with Gasteiger partial charge in [-0.1, -0.05) is 30.3 Å². The van der Waals surface area contributed by atoms with Crippen LogP contribution in [0.2, 0.25) is 0 Å². The Kier molecular flexibility index (Phi) is 14.0. The van der Waals surface area contributed by atoms with Crippen LogP contribution in [0.3, 0.4) is 0 Å². The van der Waals surface area contributed by atoms with Gasteiger partial charge < -0.3 is 44.5 Å². The highest BCUT2D eigenvalue weighted by molar-refractivity contribution is 6.11. The number of benzene rings is 5. The molecule has 6 rings (SSSR count). The summed E-state index contributed by atoms with van der Waals surface area (Å²) in [6.07, 6.45) is 1.18. The number of anilines is 3. The summed E-state index contributed by atoms with van der Waals surface area (Å²) in [6.45, 7) is 2.92. The van der Waals surface area contributed by atoms with E-state index in [4.69, 9.17) is 18.3 Å². The largest absolute Gasteiger partial charge is 0.519 e. The van der Waals surface area contributed by atoms with Gasteiger partial charge in [0.1, 0.15) is 0 Å². The van der Waals surface area contributed by atoms with E-state index in [1.807, 2.05) is 6.07 Å². The molecule has 0 bridgehead atoms. The van der Waals surface area contributed by atoms with E-state index in [0.29, 0.717) is 22.3 Å². The number of ketones is 3. The Balaban J connectivity index is 1.04. The summed E-state index contributed by atoms with van der Waals surface area (Å²) in [6, 6.07) is 24.1. The van der Waals surface area contributed by atoms with E-state index in [1.54, 1.807) is 55.5 Å². The van der Waals surface area contributed by atoms with Gasteiger partial charge in [0.05, 0.1) is 48.7 Å². The van der Waals surface area contributed by atoms with E-state index in [9.17, 15) is 49.0 Å². The maximum Gasteiger partial charge on any atom is 0.519 e. The van der Waals surface area contributed by atoms with E-state index in [0.717, 1.165) is 0 Å². The molecule has 0 saturated carbocycles. The molecule has 0 unspecified atom stereocenters. The summed E-state index contributed by atoms with van der Waals surface area (Å²) >= 11 is 0. The van der Waals surface area contributed by atoms with Crippen LogP contribution in [-0.4, -0.2) is 59.5 Å². The first-order valence-corrected chi connectivity index (χ1v) is 19.7. The smallest absolute Gasteiger partial charge is 0.504 e. The number of phenolic OH excluding ortho intramolecular Hbond substituents is 2. The number of hydrogen-bond donors (Lipinski definition) is 5. The van der Waals surface area contributed by atoms with Gasteiger partial charge in [0.25, 0.3) is 11.8 Å². The maximum atomic E-state index is 13.3. The van der Waals surface area contributed by atoms with Crippen molar-refractivity contribution >= 4 is 69.4 Å². The van der Waals surface area contributed by atoms with Gasteiger partial charge in [-0.25, -0.2) is 4.79 Å². The van der Waals surface area contributed by atoms with Gasteiger partial charge in [-0.15, -0.1) is 0 Å². The zero-order valence-electron chi connectivity index (χ0n) is 35.3. The Bertz CT molecular complexity index is 2990. The molecule has 17 heteroatoms. The lowest BCUT2D eigenvalue weighted by Crippen LogP contribution is -2.25. The Labute approximate surface area is 369 Å². The summed E-state index contributed by atoms with van der Waals surface area (Å²) < 4.78 is 20.4. The number of Topliss-reactive ketones (excluding diaryl/α,β-unsaturated/α-hetero) is 3. The molecule has 1 aromatic heterocycles. The highest BCUT2D eigenvalue weighted by atomic mass is 16.6. The number of hydrogen-bond acceptors (Lipinski definition) is 14. The number of phenols is 2. The third-order valence-electron chi connectivity index (χ3n) is 10.2. The molecule has 17 nitrogen and oxygen atoms in total. The molecule has 0 aliphatic rings. The minimum atomic E-state index is -1.01. The van der Waals surface area contributed by atoms with Crippen LogP contribution in [0.25, 0.3) is 17.2 Å². The number of rotatable bonds is 17. The number of ether oxygens (including phenoxy) is 2. The van der Waals surface area contributed by atoms with Crippen LogP contribution in [0.5, 0.6) is 23.0 Å². The normalized spacial score (nSPS) is 11.5. The van der Waals surface area contributed by atoms with Crippen molar-refractivity contribution < 1.29 is 57.3 Å².